The summed E-state index contributed by atoms with van der Waals surface area (Å²) in [5.74, 6) is 0. The Morgan fingerprint density at radius 3 is 2.33 bits per heavy atom. The number of hydrogen-bond donors (Lipinski definition) is 0. The van der Waals surface area contributed by atoms with Crippen LogP contribution in [0.15, 0.2) is 90.3 Å². The molecule has 24 heavy (non-hydrogen) atoms. The molecule has 1 atom stereocenters. The van der Waals surface area contributed by atoms with Crippen molar-refractivity contribution >= 4 is 17.3 Å². The summed E-state index contributed by atoms with van der Waals surface area (Å²) >= 11 is 1.89. The van der Waals surface area contributed by atoms with Crippen molar-refractivity contribution in [1.82, 2.24) is 0 Å². The number of aryl methyl sites for hydroxylation is 1. The van der Waals surface area contributed by atoms with E-state index < -0.39 is 0 Å². The van der Waals surface area contributed by atoms with Crippen molar-refractivity contribution in [2.24, 2.45) is 0 Å². The van der Waals surface area contributed by atoms with Crippen LogP contribution < -0.4 is 0 Å². The Morgan fingerprint density at radius 2 is 1.58 bits per heavy atom. The topological polar surface area (TPSA) is 0 Å². The van der Waals surface area contributed by atoms with Gasteiger partial charge in [-0.1, -0.05) is 84.9 Å². The van der Waals surface area contributed by atoms with Crippen LogP contribution in [0.2, 0.25) is 0 Å². The van der Waals surface area contributed by atoms with E-state index in [1.807, 2.05) is 11.8 Å². The zero-order chi connectivity index (χ0) is 16.9. The van der Waals surface area contributed by atoms with Gasteiger partial charge < -0.3 is 0 Å². The predicted octanol–water partition coefficient (Wildman–Crippen LogP) is 6.91. The molecule has 0 saturated heterocycles. The third-order valence-electron chi connectivity index (χ3n) is 4.15. The summed E-state index contributed by atoms with van der Waals surface area (Å²) in [6.45, 7) is 8.74. The molecular weight excluding hydrogens is 308 g/mol. The molecule has 120 valence electrons. The van der Waals surface area contributed by atoms with Gasteiger partial charge in [0.2, 0.25) is 0 Å². The van der Waals surface area contributed by atoms with Crippen molar-refractivity contribution < 1.29 is 0 Å². The minimum Gasteiger partial charge on any atom is -0.118 e. The van der Waals surface area contributed by atoms with Gasteiger partial charge in [0.1, 0.15) is 0 Å². The highest BCUT2D eigenvalue weighted by Crippen LogP contribution is 2.39. The summed E-state index contributed by atoms with van der Waals surface area (Å²) in [4.78, 5) is 1.28. The first-order chi connectivity index (χ1) is 11.6. The Labute approximate surface area is 149 Å². The molecule has 1 heteroatoms. The first-order valence-corrected chi connectivity index (χ1v) is 9.10. The predicted molar refractivity (Wildman–Crippen MR) is 106 cm³/mol. The molecule has 3 aromatic carbocycles. The molecule has 3 rings (SSSR count). The van der Waals surface area contributed by atoms with E-state index in [9.17, 15) is 0 Å². The first kappa shape index (κ1) is 16.6. The van der Waals surface area contributed by atoms with E-state index in [4.69, 9.17) is 0 Å². The van der Waals surface area contributed by atoms with Crippen LogP contribution in [-0.4, -0.2) is 0 Å². The van der Waals surface area contributed by atoms with Crippen LogP contribution in [0, 0.1) is 6.92 Å². The smallest absolute Gasteiger partial charge is 0.0316 e. The van der Waals surface area contributed by atoms with Gasteiger partial charge in [0, 0.05) is 10.1 Å². The Kier molecular flexibility index (Phi) is 5.22. The lowest BCUT2D eigenvalue weighted by molar-refractivity contribution is 1.09. The van der Waals surface area contributed by atoms with Crippen LogP contribution in [0.1, 0.15) is 34.4 Å². The zero-order valence-corrected chi connectivity index (χ0v) is 15.0. The van der Waals surface area contributed by atoms with Crippen LogP contribution in [0.25, 0.3) is 5.57 Å². The van der Waals surface area contributed by atoms with Crippen LogP contribution >= 0.6 is 11.8 Å². The van der Waals surface area contributed by atoms with Gasteiger partial charge in [0.25, 0.3) is 0 Å². The monoisotopic (exact) mass is 330 g/mol. The van der Waals surface area contributed by atoms with Crippen LogP contribution in [0.4, 0.5) is 0 Å². The fraction of sp³-hybridized carbons (Fsp3) is 0.130. The Bertz CT molecular complexity index is 833. The van der Waals surface area contributed by atoms with Crippen LogP contribution in [0.5, 0.6) is 0 Å². The lowest BCUT2D eigenvalue weighted by atomic mass is 9.98. The van der Waals surface area contributed by atoms with Gasteiger partial charge in [0.15, 0.2) is 0 Å². The van der Waals surface area contributed by atoms with E-state index >= 15 is 0 Å². The Hall–Kier alpha value is -2.25. The lowest BCUT2D eigenvalue weighted by Crippen LogP contribution is -1.93. The summed E-state index contributed by atoms with van der Waals surface area (Å²) in [5.41, 5.74) is 6.10. The maximum atomic E-state index is 4.36. The fourth-order valence-corrected chi connectivity index (χ4v) is 3.94. The molecule has 0 bridgehead atoms. The van der Waals surface area contributed by atoms with E-state index in [0.717, 1.165) is 5.57 Å². The third-order valence-corrected chi connectivity index (χ3v) is 5.39. The summed E-state index contributed by atoms with van der Waals surface area (Å²) < 4.78 is 0. The number of rotatable bonds is 5. The molecule has 0 aliphatic carbocycles. The minimum atomic E-state index is 0.401. The number of hydrogen-bond acceptors (Lipinski definition) is 1. The van der Waals surface area contributed by atoms with Gasteiger partial charge >= 0.3 is 0 Å². The van der Waals surface area contributed by atoms with E-state index in [-0.39, 0.29) is 0 Å². The van der Waals surface area contributed by atoms with Crippen molar-refractivity contribution in [2.45, 2.75) is 24.0 Å². The quantitative estimate of drug-likeness (QED) is 0.458. The van der Waals surface area contributed by atoms with Crippen molar-refractivity contribution in [2.75, 3.05) is 0 Å². The molecular formula is C23H22S. The second-order valence-electron chi connectivity index (χ2n) is 6.01. The molecule has 0 saturated carbocycles. The van der Waals surface area contributed by atoms with Gasteiger partial charge in [0.05, 0.1) is 0 Å². The van der Waals surface area contributed by atoms with Gasteiger partial charge in [-0.2, -0.15) is 0 Å². The lowest BCUT2D eigenvalue weighted by Gasteiger charge is -2.16. The van der Waals surface area contributed by atoms with Gasteiger partial charge in [-0.3, -0.25) is 0 Å². The molecule has 3 aromatic rings. The molecule has 0 N–H and O–H groups in total. The van der Waals surface area contributed by atoms with Crippen molar-refractivity contribution in [3.05, 3.63) is 108 Å². The summed E-state index contributed by atoms with van der Waals surface area (Å²) in [6.07, 6.45) is 0. The van der Waals surface area contributed by atoms with Gasteiger partial charge in [-0.15, -0.1) is 11.8 Å². The average Bonchev–Trinajstić information content (AvgIpc) is 2.62. The summed E-state index contributed by atoms with van der Waals surface area (Å²) in [6, 6.07) is 27.8. The second kappa shape index (κ2) is 7.55. The van der Waals surface area contributed by atoms with Crippen LogP contribution in [0.3, 0.4) is 0 Å². The molecule has 0 fully saturated rings. The molecule has 0 amide bonds. The SMILES string of the molecule is C=C(c1cccc(C)c1)c1ccccc1SC(C)c1ccccc1. The molecule has 0 spiro atoms. The highest BCUT2D eigenvalue weighted by Gasteiger charge is 2.12. The second-order valence-corrected chi connectivity index (χ2v) is 7.40. The highest BCUT2D eigenvalue weighted by molar-refractivity contribution is 7.99. The normalized spacial score (nSPS) is 11.9. The average molecular weight is 330 g/mol. The zero-order valence-electron chi connectivity index (χ0n) is 14.2. The van der Waals surface area contributed by atoms with Gasteiger partial charge in [-0.05, 0) is 42.2 Å². The molecule has 0 aromatic heterocycles. The standard InChI is InChI=1S/C23H22S/c1-17-10-9-13-21(16-17)18(2)22-14-7-8-15-23(22)24-19(3)20-11-5-4-6-12-20/h4-16,19H,2H2,1,3H3. The molecule has 1 unspecified atom stereocenters. The Balaban J connectivity index is 1.89. The molecule has 0 radical (unpaired) electrons. The number of thioether (sulfide) groups is 1. The van der Waals surface area contributed by atoms with Gasteiger partial charge in [-0.25, -0.2) is 0 Å². The van der Waals surface area contributed by atoms with E-state index in [1.54, 1.807) is 0 Å². The molecule has 0 heterocycles. The number of benzene rings is 3. The minimum absolute atomic E-state index is 0.401. The molecule has 0 aliphatic rings. The van der Waals surface area contributed by atoms with Crippen molar-refractivity contribution in [1.29, 1.82) is 0 Å². The fourth-order valence-electron chi connectivity index (χ4n) is 2.79. The maximum Gasteiger partial charge on any atom is 0.0316 e. The third kappa shape index (κ3) is 3.80. The van der Waals surface area contributed by atoms with Crippen LogP contribution in [-0.2, 0) is 0 Å². The van der Waals surface area contributed by atoms with E-state index in [2.05, 4.69) is 99.3 Å². The summed E-state index contributed by atoms with van der Waals surface area (Å²) in [5, 5.41) is 0.401. The van der Waals surface area contributed by atoms with Crippen molar-refractivity contribution in [3.63, 3.8) is 0 Å². The first-order valence-electron chi connectivity index (χ1n) is 8.22. The molecule has 0 aliphatic heterocycles. The highest BCUT2D eigenvalue weighted by atomic mass is 32.2. The summed E-state index contributed by atoms with van der Waals surface area (Å²) in [7, 11) is 0. The largest absolute Gasteiger partial charge is 0.118 e. The van der Waals surface area contributed by atoms with Crippen molar-refractivity contribution in [3.8, 4) is 0 Å². The molecule has 0 nitrogen and oxygen atoms in total. The maximum absolute atomic E-state index is 4.36. The van der Waals surface area contributed by atoms with E-state index in [0.29, 0.717) is 5.25 Å². The Morgan fingerprint density at radius 1 is 0.875 bits per heavy atom. The van der Waals surface area contributed by atoms with E-state index in [1.165, 1.54) is 27.1 Å².